The molecular weight excluding hydrogens is 326 g/mol. The molecule has 0 heterocycles. The Labute approximate surface area is 155 Å². The summed E-state index contributed by atoms with van der Waals surface area (Å²) in [5.41, 5.74) is 3.43. The zero-order chi connectivity index (χ0) is 18.9. The predicted molar refractivity (Wildman–Crippen MR) is 108 cm³/mol. The van der Waals surface area contributed by atoms with Crippen molar-refractivity contribution in [1.29, 1.82) is 0 Å². The Morgan fingerprint density at radius 3 is 2.27 bits per heavy atom. The van der Waals surface area contributed by atoms with Gasteiger partial charge in [0.1, 0.15) is 0 Å². The van der Waals surface area contributed by atoms with Crippen LogP contribution in [0.3, 0.4) is 0 Å². The fourth-order valence-corrected chi connectivity index (χ4v) is 2.74. The Hall–Kier alpha value is -2.82. The average Bonchev–Trinajstić information content (AvgIpc) is 2.64. The molecule has 26 heavy (non-hydrogen) atoms. The molecule has 0 bridgehead atoms. The maximum absolute atomic E-state index is 12.1. The number of carbonyl (C=O) groups excluding carboxylic acids is 2. The first-order valence-electron chi connectivity index (χ1n) is 9.03. The Kier molecular flexibility index (Phi) is 7.21. The highest BCUT2D eigenvalue weighted by atomic mass is 16.1. The number of hydrogen-bond acceptors (Lipinski definition) is 4. The van der Waals surface area contributed by atoms with E-state index >= 15 is 0 Å². The van der Waals surface area contributed by atoms with Crippen LogP contribution in [0.25, 0.3) is 0 Å². The van der Waals surface area contributed by atoms with Crippen LogP contribution in [0.15, 0.2) is 48.5 Å². The van der Waals surface area contributed by atoms with Crippen molar-refractivity contribution in [3.63, 3.8) is 0 Å². The standard InChI is InChI=1S/C21H27N3O2/c1-4-24(5-2)20-11-9-18(10-12-20)22-14-13-21(26)23-19-8-6-7-17(15-19)16(3)25/h6-12,15,22H,4-5,13-14H2,1-3H3,(H,23,26). The van der Waals surface area contributed by atoms with Gasteiger partial charge in [-0.25, -0.2) is 0 Å². The summed E-state index contributed by atoms with van der Waals surface area (Å²) in [5.74, 6) is -0.103. The van der Waals surface area contributed by atoms with Gasteiger partial charge < -0.3 is 15.5 Å². The van der Waals surface area contributed by atoms with E-state index < -0.39 is 0 Å². The van der Waals surface area contributed by atoms with Crippen LogP contribution >= 0.6 is 0 Å². The summed E-state index contributed by atoms with van der Waals surface area (Å²) in [6, 6.07) is 15.2. The minimum absolute atomic E-state index is 0.0177. The molecule has 0 saturated carbocycles. The topological polar surface area (TPSA) is 61.4 Å². The molecule has 0 radical (unpaired) electrons. The minimum Gasteiger partial charge on any atom is -0.385 e. The lowest BCUT2D eigenvalue weighted by Gasteiger charge is -2.21. The summed E-state index contributed by atoms with van der Waals surface area (Å²) < 4.78 is 0. The quantitative estimate of drug-likeness (QED) is 0.664. The monoisotopic (exact) mass is 353 g/mol. The Balaban J connectivity index is 1.81. The SMILES string of the molecule is CCN(CC)c1ccc(NCCC(=O)Nc2cccc(C(C)=O)c2)cc1. The van der Waals surface area contributed by atoms with Crippen LogP contribution in [0, 0.1) is 0 Å². The zero-order valence-corrected chi connectivity index (χ0v) is 15.7. The van der Waals surface area contributed by atoms with Crippen molar-refractivity contribution in [3.8, 4) is 0 Å². The lowest BCUT2D eigenvalue weighted by molar-refractivity contribution is -0.115. The summed E-state index contributed by atoms with van der Waals surface area (Å²) in [6.45, 7) is 8.29. The van der Waals surface area contributed by atoms with Crippen molar-refractivity contribution in [2.24, 2.45) is 0 Å². The van der Waals surface area contributed by atoms with E-state index in [1.807, 2.05) is 12.1 Å². The maximum Gasteiger partial charge on any atom is 0.226 e. The smallest absolute Gasteiger partial charge is 0.226 e. The van der Waals surface area contributed by atoms with Gasteiger partial charge in [-0.15, -0.1) is 0 Å². The van der Waals surface area contributed by atoms with Crippen molar-refractivity contribution in [3.05, 3.63) is 54.1 Å². The van der Waals surface area contributed by atoms with Gasteiger partial charge in [-0.3, -0.25) is 9.59 Å². The third-order valence-corrected chi connectivity index (χ3v) is 4.23. The van der Waals surface area contributed by atoms with Crippen LogP contribution in [0.1, 0.15) is 37.6 Å². The number of ketones is 1. The first-order valence-corrected chi connectivity index (χ1v) is 9.03. The fourth-order valence-electron chi connectivity index (χ4n) is 2.74. The van der Waals surface area contributed by atoms with E-state index in [0.717, 1.165) is 18.8 Å². The molecule has 2 aromatic rings. The zero-order valence-electron chi connectivity index (χ0n) is 15.7. The van der Waals surface area contributed by atoms with Gasteiger partial charge in [0.2, 0.25) is 5.91 Å². The van der Waals surface area contributed by atoms with Gasteiger partial charge in [0.25, 0.3) is 0 Å². The predicted octanol–water partition coefficient (Wildman–Crippen LogP) is 4.18. The molecule has 0 fully saturated rings. The van der Waals surface area contributed by atoms with Crippen LogP contribution < -0.4 is 15.5 Å². The summed E-state index contributed by atoms with van der Waals surface area (Å²) in [4.78, 5) is 25.7. The average molecular weight is 353 g/mol. The summed E-state index contributed by atoms with van der Waals surface area (Å²) in [7, 11) is 0. The third kappa shape index (κ3) is 5.62. The van der Waals surface area contributed by atoms with Gasteiger partial charge in [0.05, 0.1) is 0 Å². The molecule has 0 aliphatic carbocycles. The van der Waals surface area contributed by atoms with Gasteiger partial charge in [0, 0.05) is 48.7 Å². The van der Waals surface area contributed by atoms with E-state index in [-0.39, 0.29) is 11.7 Å². The summed E-state index contributed by atoms with van der Waals surface area (Å²) in [6.07, 6.45) is 0.349. The summed E-state index contributed by atoms with van der Waals surface area (Å²) in [5, 5.41) is 6.08. The van der Waals surface area contributed by atoms with E-state index in [4.69, 9.17) is 0 Å². The van der Waals surface area contributed by atoms with Crippen molar-refractivity contribution < 1.29 is 9.59 Å². The molecule has 5 nitrogen and oxygen atoms in total. The maximum atomic E-state index is 12.1. The minimum atomic E-state index is -0.0852. The molecule has 0 spiro atoms. The van der Waals surface area contributed by atoms with E-state index in [0.29, 0.717) is 24.2 Å². The second-order valence-electron chi connectivity index (χ2n) is 6.08. The number of carbonyl (C=O) groups is 2. The molecule has 0 saturated heterocycles. The molecule has 2 N–H and O–H groups in total. The van der Waals surface area contributed by atoms with E-state index in [9.17, 15) is 9.59 Å². The molecule has 1 amide bonds. The van der Waals surface area contributed by atoms with Gasteiger partial charge >= 0.3 is 0 Å². The van der Waals surface area contributed by atoms with E-state index in [1.54, 1.807) is 24.3 Å². The molecule has 5 heteroatoms. The summed E-state index contributed by atoms with van der Waals surface area (Å²) >= 11 is 0. The molecule has 0 aliphatic heterocycles. The molecule has 0 aliphatic rings. The lowest BCUT2D eigenvalue weighted by atomic mass is 10.1. The van der Waals surface area contributed by atoms with E-state index in [2.05, 4.69) is 41.5 Å². The van der Waals surface area contributed by atoms with Gasteiger partial charge in [-0.05, 0) is 57.2 Å². The molecule has 0 aromatic heterocycles. The highest BCUT2D eigenvalue weighted by Crippen LogP contribution is 2.17. The van der Waals surface area contributed by atoms with Crippen LogP contribution in [0.5, 0.6) is 0 Å². The van der Waals surface area contributed by atoms with Crippen LogP contribution in [0.4, 0.5) is 17.1 Å². The molecule has 2 aromatic carbocycles. The molecular formula is C21H27N3O2. The highest BCUT2D eigenvalue weighted by Gasteiger charge is 2.05. The number of hydrogen-bond donors (Lipinski definition) is 2. The Morgan fingerprint density at radius 2 is 1.65 bits per heavy atom. The molecule has 0 atom stereocenters. The van der Waals surface area contributed by atoms with Crippen molar-refractivity contribution >= 4 is 28.8 Å². The molecule has 138 valence electrons. The molecule has 0 unspecified atom stereocenters. The largest absolute Gasteiger partial charge is 0.385 e. The molecule has 2 rings (SSSR count). The first kappa shape index (κ1) is 19.5. The van der Waals surface area contributed by atoms with E-state index in [1.165, 1.54) is 12.6 Å². The number of amides is 1. The second kappa shape index (κ2) is 9.61. The Morgan fingerprint density at radius 1 is 0.962 bits per heavy atom. The van der Waals surface area contributed by atoms with Crippen LogP contribution in [0.2, 0.25) is 0 Å². The second-order valence-corrected chi connectivity index (χ2v) is 6.08. The number of rotatable bonds is 9. The number of nitrogens with zero attached hydrogens (tertiary/aromatic N) is 1. The number of benzene rings is 2. The van der Waals surface area contributed by atoms with Crippen LogP contribution in [-0.4, -0.2) is 31.3 Å². The third-order valence-electron chi connectivity index (χ3n) is 4.23. The van der Waals surface area contributed by atoms with Gasteiger partial charge in [-0.1, -0.05) is 12.1 Å². The van der Waals surface area contributed by atoms with Crippen LogP contribution in [-0.2, 0) is 4.79 Å². The number of Topliss-reactive ketones (excluding diaryl/α,β-unsaturated/α-hetero) is 1. The highest BCUT2D eigenvalue weighted by molar-refractivity contribution is 5.97. The van der Waals surface area contributed by atoms with Crippen molar-refractivity contribution in [2.45, 2.75) is 27.2 Å². The number of anilines is 3. The normalized spacial score (nSPS) is 10.3. The van der Waals surface area contributed by atoms with Crippen molar-refractivity contribution in [1.82, 2.24) is 0 Å². The lowest BCUT2D eigenvalue weighted by Crippen LogP contribution is -2.21. The van der Waals surface area contributed by atoms with Gasteiger partial charge in [-0.2, -0.15) is 0 Å². The first-order chi connectivity index (χ1) is 12.5. The fraction of sp³-hybridized carbons (Fsp3) is 0.333. The van der Waals surface area contributed by atoms with Crippen molar-refractivity contribution in [2.75, 3.05) is 35.2 Å². The van der Waals surface area contributed by atoms with Gasteiger partial charge in [0.15, 0.2) is 5.78 Å². The number of nitrogens with one attached hydrogen (secondary N) is 2. The Bertz CT molecular complexity index is 737.